The summed E-state index contributed by atoms with van der Waals surface area (Å²) in [6, 6.07) is 5.88. The second kappa shape index (κ2) is 5.68. The summed E-state index contributed by atoms with van der Waals surface area (Å²) in [6.07, 6.45) is 1.79. The molecule has 0 aliphatic rings. The summed E-state index contributed by atoms with van der Waals surface area (Å²) in [5.74, 6) is 0. The smallest absolute Gasteiger partial charge is 0.185 e. The maximum absolute atomic E-state index is 4.64. The first-order chi connectivity index (χ1) is 9.72. The van der Waals surface area contributed by atoms with Gasteiger partial charge in [0.15, 0.2) is 5.13 Å². The molecule has 0 aliphatic carbocycles. The molecule has 0 spiro atoms. The van der Waals surface area contributed by atoms with Crippen LogP contribution in [0.25, 0.3) is 10.7 Å². The van der Waals surface area contributed by atoms with E-state index in [0.717, 1.165) is 33.8 Å². The van der Waals surface area contributed by atoms with Gasteiger partial charge in [0.25, 0.3) is 0 Å². The van der Waals surface area contributed by atoms with E-state index in [9.17, 15) is 0 Å². The lowest BCUT2D eigenvalue weighted by molar-refractivity contribution is 0.886. The quantitative estimate of drug-likeness (QED) is 0.738. The third-order valence-electron chi connectivity index (χ3n) is 2.77. The lowest BCUT2D eigenvalue weighted by Gasteiger charge is -2.13. The zero-order valence-electron chi connectivity index (χ0n) is 11.3. The van der Waals surface area contributed by atoms with E-state index in [4.69, 9.17) is 0 Å². The number of hydrogen-bond donors (Lipinski definition) is 0. The number of hydrogen-bond acceptors (Lipinski definition) is 6. The largest absolute Gasteiger partial charge is 0.345 e. The fourth-order valence-corrected chi connectivity index (χ4v) is 3.37. The van der Waals surface area contributed by atoms with Crippen LogP contribution in [0.2, 0.25) is 0 Å². The van der Waals surface area contributed by atoms with Crippen molar-refractivity contribution in [2.45, 2.75) is 13.5 Å². The van der Waals surface area contributed by atoms with E-state index in [1.165, 1.54) is 0 Å². The fourth-order valence-electron chi connectivity index (χ4n) is 1.81. The van der Waals surface area contributed by atoms with Gasteiger partial charge < -0.3 is 4.90 Å². The summed E-state index contributed by atoms with van der Waals surface area (Å²) in [5.41, 5.74) is 3.03. The van der Waals surface area contributed by atoms with E-state index < -0.39 is 0 Å². The number of anilines is 1. The zero-order valence-corrected chi connectivity index (χ0v) is 12.9. The van der Waals surface area contributed by atoms with Crippen molar-refractivity contribution < 1.29 is 0 Å². The normalized spacial score (nSPS) is 10.7. The Kier molecular flexibility index (Phi) is 3.75. The van der Waals surface area contributed by atoms with Crippen molar-refractivity contribution in [1.82, 2.24) is 15.0 Å². The molecular weight excluding hydrogens is 288 g/mol. The Morgan fingerprint density at radius 1 is 1.15 bits per heavy atom. The van der Waals surface area contributed by atoms with Crippen LogP contribution in [-0.4, -0.2) is 22.0 Å². The van der Waals surface area contributed by atoms with Crippen LogP contribution >= 0.6 is 22.7 Å². The highest BCUT2D eigenvalue weighted by atomic mass is 32.1. The fraction of sp³-hybridized carbons (Fsp3) is 0.214. The summed E-state index contributed by atoms with van der Waals surface area (Å²) < 4.78 is 0. The van der Waals surface area contributed by atoms with Crippen molar-refractivity contribution in [2.75, 3.05) is 11.9 Å². The maximum Gasteiger partial charge on any atom is 0.185 e. The first-order valence-corrected chi connectivity index (χ1v) is 7.97. The van der Waals surface area contributed by atoms with Gasteiger partial charge in [0.05, 0.1) is 23.6 Å². The maximum atomic E-state index is 4.64. The van der Waals surface area contributed by atoms with Gasteiger partial charge in [-0.3, -0.25) is 4.98 Å². The Morgan fingerprint density at radius 3 is 2.75 bits per heavy atom. The molecule has 0 aliphatic heterocycles. The predicted octanol–water partition coefficient (Wildman–Crippen LogP) is 3.61. The second-order valence-electron chi connectivity index (χ2n) is 4.49. The van der Waals surface area contributed by atoms with Crippen LogP contribution in [0.4, 0.5) is 5.13 Å². The molecule has 0 bridgehead atoms. The number of aryl methyl sites for hydroxylation is 1. The lowest BCUT2D eigenvalue weighted by Crippen LogP contribution is -2.16. The Morgan fingerprint density at radius 2 is 2.05 bits per heavy atom. The highest BCUT2D eigenvalue weighted by molar-refractivity contribution is 7.13. The van der Waals surface area contributed by atoms with Gasteiger partial charge in [0, 0.05) is 24.0 Å². The Balaban J connectivity index is 1.74. The van der Waals surface area contributed by atoms with Crippen molar-refractivity contribution in [1.29, 1.82) is 0 Å². The topological polar surface area (TPSA) is 41.9 Å². The van der Waals surface area contributed by atoms with Crippen molar-refractivity contribution in [3.05, 3.63) is 46.5 Å². The molecule has 0 saturated carbocycles. The molecule has 4 nitrogen and oxygen atoms in total. The number of aromatic nitrogens is 3. The average molecular weight is 302 g/mol. The van der Waals surface area contributed by atoms with Crippen molar-refractivity contribution in [3.63, 3.8) is 0 Å². The number of nitrogens with zero attached hydrogens (tertiary/aromatic N) is 4. The van der Waals surface area contributed by atoms with Crippen LogP contribution in [0, 0.1) is 6.92 Å². The lowest BCUT2D eigenvalue weighted by atomic mass is 10.3. The molecule has 0 atom stereocenters. The predicted molar refractivity (Wildman–Crippen MR) is 84.3 cm³/mol. The average Bonchev–Trinajstić information content (AvgIpc) is 3.09. The molecule has 0 saturated heterocycles. The van der Waals surface area contributed by atoms with Gasteiger partial charge in [-0.2, -0.15) is 0 Å². The van der Waals surface area contributed by atoms with Crippen LogP contribution in [0.15, 0.2) is 35.2 Å². The molecule has 0 radical (unpaired) electrons. The van der Waals surface area contributed by atoms with Gasteiger partial charge in [-0.25, -0.2) is 9.97 Å². The molecule has 6 heteroatoms. The third kappa shape index (κ3) is 2.86. The molecule has 3 heterocycles. The van der Waals surface area contributed by atoms with E-state index in [1.807, 2.05) is 32.2 Å². The summed E-state index contributed by atoms with van der Waals surface area (Å²) in [6.45, 7) is 2.77. The Labute approximate surface area is 125 Å². The van der Waals surface area contributed by atoms with Gasteiger partial charge >= 0.3 is 0 Å². The minimum Gasteiger partial charge on any atom is -0.345 e. The zero-order chi connectivity index (χ0) is 13.9. The van der Waals surface area contributed by atoms with E-state index >= 15 is 0 Å². The first-order valence-electron chi connectivity index (χ1n) is 6.21. The number of pyridine rings is 1. The molecule has 3 rings (SSSR count). The van der Waals surface area contributed by atoms with Crippen LogP contribution in [0.3, 0.4) is 0 Å². The molecule has 102 valence electrons. The molecule has 0 fully saturated rings. The van der Waals surface area contributed by atoms with Crippen molar-refractivity contribution >= 4 is 27.8 Å². The minimum absolute atomic E-state index is 0.760. The van der Waals surface area contributed by atoms with E-state index in [1.54, 1.807) is 28.9 Å². The van der Waals surface area contributed by atoms with Crippen molar-refractivity contribution in [2.24, 2.45) is 0 Å². The van der Waals surface area contributed by atoms with Gasteiger partial charge in [-0.05, 0) is 19.1 Å². The Bertz CT molecular complexity index is 690. The van der Waals surface area contributed by atoms with Crippen LogP contribution in [0.5, 0.6) is 0 Å². The van der Waals surface area contributed by atoms with Crippen LogP contribution in [0.1, 0.15) is 11.4 Å². The highest BCUT2D eigenvalue weighted by Crippen LogP contribution is 2.24. The standard InChI is InChI=1S/C14H14N4S2/c1-10-8-20-14(16-10)18(2)7-11-9-19-13(17-11)12-5-3-4-6-15-12/h3-6,8-9H,7H2,1-2H3. The summed E-state index contributed by atoms with van der Waals surface area (Å²) in [7, 11) is 2.04. The van der Waals surface area contributed by atoms with Gasteiger partial charge in [0.1, 0.15) is 5.01 Å². The SMILES string of the molecule is Cc1csc(N(C)Cc2csc(-c3ccccn3)n2)n1. The van der Waals surface area contributed by atoms with E-state index in [2.05, 4.69) is 30.6 Å². The third-order valence-corrected chi connectivity index (χ3v) is 4.75. The molecule has 0 aromatic carbocycles. The van der Waals surface area contributed by atoms with Gasteiger partial charge in [0.2, 0.25) is 0 Å². The second-order valence-corrected chi connectivity index (χ2v) is 6.18. The Hall–Kier alpha value is -1.79. The first kappa shape index (κ1) is 13.2. The molecule has 0 amide bonds. The van der Waals surface area contributed by atoms with Gasteiger partial charge in [-0.15, -0.1) is 22.7 Å². The van der Waals surface area contributed by atoms with Crippen molar-refractivity contribution in [3.8, 4) is 10.7 Å². The molecular formula is C14H14N4S2. The van der Waals surface area contributed by atoms with Crippen LogP contribution < -0.4 is 4.90 Å². The molecule has 0 N–H and O–H groups in total. The summed E-state index contributed by atoms with van der Waals surface area (Å²) in [5, 5.41) is 6.13. The van der Waals surface area contributed by atoms with Gasteiger partial charge in [-0.1, -0.05) is 6.07 Å². The minimum atomic E-state index is 0.760. The molecule has 3 aromatic heterocycles. The summed E-state index contributed by atoms with van der Waals surface area (Å²) in [4.78, 5) is 15.6. The molecule has 20 heavy (non-hydrogen) atoms. The highest BCUT2D eigenvalue weighted by Gasteiger charge is 2.10. The summed E-state index contributed by atoms with van der Waals surface area (Å²) >= 11 is 3.29. The van der Waals surface area contributed by atoms with E-state index in [-0.39, 0.29) is 0 Å². The van der Waals surface area contributed by atoms with Crippen LogP contribution in [-0.2, 0) is 6.54 Å². The van der Waals surface area contributed by atoms with E-state index in [0.29, 0.717) is 0 Å². The number of thiazole rings is 2. The monoisotopic (exact) mass is 302 g/mol. The number of rotatable bonds is 4. The molecule has 0 unspecified atom stereocenters. The molecule has 3 aromatic rings.